The largest absolute Gasteiger partial charge is 0.497 e. The molecule has 0 saturated heterocycles. The molecule has 210 valence electrons. The van der Waals surface area contributed by atoms with Gasteiger partial charge in [0.05, 0.1) is 24.8 Å². The van der Waals surface area contributed by atoms with Gasteiger partial charge in [-0.15, -0.1) is 20.4 Å². The summed E-state index contributed by atoms with van der Waals surface area (Å²) in [7, 11) is 1.58. The summed E-state index contributed by atoms with van der Waals surface area (Å²) in [6.07, 6.45) is -4.62. The maximum atomic E-state index is 13.8. The standard InChI is InChI=1S/C26H25F4N7O2S/c1-25(2,16-5-4-6-19(13-16)39-3)22-32-34-24(37(22)18-9-7-17(27)8-10-18)40-15-21(38)35-11-12-36-20(14-35)31-33-23(36)26(28,29)30/h4-10,13H,11-12,14-15H2,1-3H3. The Balaban J connectivity index is 1.40. The normalized spacial score (nSPS) is 13.8. The summed E-state index contributed by atoms with van der Waals surface area (Å²) >= 11 is 1.14. The van der Waals surface area contributed by atoms with Crippen LogP contribution in [0.1, 0.15) is 36.9 Å². The molecule has 0 saturated carbocycles. The van der Waals surface area contributed by atoms with Crippen LogP contribution in [-0.4, -0.2) is 59.7 Å². The predicted octanol–water partition coefficient (Wildman–Crippen LogP) is 4.49. The Kier molecular flexibility index (Phi) is 7.29. The number of nitrogens with zero attached hydrogens (tertiary/aromatic N) is 7. The van der Waals surface area contributed by atoms with E-state index >= 15 is 0 Å². The SMILES string of the molecule is COc1cccc(C(C)(C)c2nnc(SCC(=O)N3CCn4c(nnc4C(F)(F)F)C3)n2-c2ccc(F)cc2)c1. The van der Waals surface area contributed by atoms with Gasteiger partial charge in [0.25, 0.3) is 0 Å². The number of hydrogen-bond acceptors (Lipinski definition) is 7. The molecular weight excluding hydrogens is 550 g/mol. The topological polar surface area (TPSA) is 91.0 Å². The van der Waals surface area contributed by atoms with E-state index in [1.165, 1.54) is 17.0 Å². The zero-order valence-electron chi connectivity index (χ0n) is 21.8. The fourth-order valence-corrected chi connectivity index (χ4v) is 5.38. The van der Waals surface area contributed by atoms with Crippen LogP contribution in [0.2, 0.25) is 0 Å². The van der Waals surface area contributed by atoms with Crippen molar-refractivity contribution in [2.24, 2.45) is 0 Å². The fraction of sp³-hybridized carbons (Fsp3) is 0.346. The number of fused-ring (bicyclic) bond motifs is 1. The molecule has 0 N–H and O–H groups in total. The molecule has 0 spiro atoms. The second-order valence-electron chi connectivity index (χ2n) is 9.67. The molecule has 0 atom stereocenters. The number of methoxy groups -OCH3 is 1. The van der Waals surface area contributed by atoms with Crippen molar-refractivity contribution in [1.82, 2.24) is 34.4 Å². The first-order valence-corrected chi connectivity index (χ1v) is 13.2. The van der Waals surface area contributed by atoms with Crippen LogP contribution in [-0.2, 0) is 29.5 Å². The van der Waals surface area contributed by atoms with Gasteiger partial charge in [0.2, 0.25) is 11.7 Å². The van der Waals surface area contributed by atoms with Crippen molar-refractivity contribution in [3.05, 3.63) is 77.4 Å². The fourth-order valence-electron chi connectivity index (χ4n) is 4.53. The second kappa shape index (κ2) is 10.6. The highest BCUT2D eigenvalue weighted by atomic mass is 32.2. The summed E-state index contributed by atoms with van der Waals surface area (Å²) in [6.45, 7) is 3.90. The lowest BCUT2D eigenvalue weighted by Gasteiger charge is -2.28. The van der Waals surface area contributed by atoms with E-state index in [4.69, 9.17) is 4.74 Å². The van der Waals surface area contributed by atoms with Gasteiger partial charge in [-0.1, -0.05) is 23.9 Å². The number of alkyl halides is 3. The Bertz CT molecular complexity index is 1530. The van der Waals surface area contributed by atoms with E-state index in [1.54, 1.807) is 23.8 Å². The molecule has 4 aromatic rings. The first-order valence-electron chi connectivity index (χ1n) is 12.2. The molecule has 1 aliphatic rings. The van der Waals surface area contributed by atoms with Gasteiger partial charge < -0.3 is 14.2 Å². The van der Waals surface area contributed by atoms with Crippen molar-refractivity contribution in [2.45, 2.75) is 43.7 Å². The van der Waals surface area contributed by atoms with E-state index in [-0.39, 0.29) is 37.1 Å². The number of ether oxygens (including phenoxy) is 1. The summed E-state index contributed by atoms with van der Waals surface area (Å²) in [6, 6.07) is 13.4. The number of carbonyl (C=O) groups is 1. The quantitative estimate of drug-likeness (QED) is 0.237. The number of halogens is 4. The van der Waals surface area contributed by atoms with Crippen LogP contribution in [0.5, 0.6) is 5.75 Å². The highest BCUT2D eigenvalue weighted by Crippen LogP contribution is 2.36. The third kappa shape index (κ3) is 5.27. The molecule has 0 fully saturated rings. The monoisotopic (exact) mass is 575 g/mol. The van der Waals surface area contributed by atoms with Gasteiger partial charge in [-0.25, -0.2) is 4.39 Å². The summed E-state index contributed by atoms with van der Waals surface area (Å²) in [4.78, 5) is 14.5. The maximum Gasteiger partial charge on any atom is 0.451 e. The Morgan fingerprint density at radius 3 is 2.42 bits per heavy atom. The Hall–Kier alpha value is -3.94. The van der Waals surface area contributed by atoms with Gasteiger partial charge in [0.1, 0.15) is 17.4 Å². The molecule has 5 rings (SSSR count). The van der Waals surface area contributed by atoms with E-state index < -0.39 is 23.2 Å². The molecule has 2 aromatic heterocycles. The van der Waals surface area contributed by atoms with E-state index in [9.17, 15) is 22.4 Å². The lowest BCUT2D eigenvalue weighted by molar-refractivity contribution is -0.148. The highest BCUT2D eigenvalue weighted by molar-refractivity contribution is 7.99. The lowest BCUT2D eigenvalue weighted by Crippen LogP contribution is -2.40. The smallest absolute Gasteiger partial charge is 0.451 e. The van der Waals surface area contributed by atoms with Gasteiger partial charge in [0, 0.05) is 18.8 Å². The van der Waals surface area contributed by atoms with Crippen molar-refractivity contribution in [3.8, 4) is 11.4 Å². The Morgan fingerprint density at radius 2 is 1.73 bits per heavy atom. The van der Waals surface area contributed by atoms with Gasteiger partial charge >= 0.3 is 6.18 Å². The van der Waals surface area contributed by atoms with E-state index in [1.807, 2.05) is 38.1 Å². The third-order valence-electron chi connectivity index (χ3n) is 6.75. The molecule has 0 radical (unpaired) electrons. The van der Waals surface area contributed by atoms with Crippen LogP contribution in [0.15, 0.2) is 53.7 Å². The highest BCUT2D eigenvalue weighted by Gasteiger charge is 2.40. The molecule has 0 bridgehead atoms. The van der Waals surface area contributed by atoms with Crippen molar-refractivity contribution < 1.29 is 27.1 Å². The third-order valence-corrected chi connectivity index (χ3v) is 7.67. The summed E-state index contributed by atoms with van der Waals surface area (Å²) in [5.74, 6) is -0.488. The number of aromatic nitrogens is 6. The van der Waals surface area contributed by atoms with Crippen LogP contribution in [0.4, 0.5) is 17.6 Å². The number of hydrogen-bond donors (Lipinski definition) is 0. The van der Waals surface area contributed by atoms with Gasteiger partial charge in [-0.05, 0) is 55.8 Å². The molecule has 1 aliphatic heterocycles. The van der Waals surface area contributed by atoms with Crippen molar-refractivity contribution in [2.75, 3.05) is 19.4 Å². The predicted molar refractivity (Wildman–Crippen MR) is 138 cm³/mol. The second-order valence-corrected chi connectivity index (χ2v) is 10.6. The van der Waals surface area contributed by atoms with E-state index in [0.29, 0.717) is 22.4 Å². The molecule has 14 heteroatoms. The molecule has 2 aromatic carbocycles. The van der Waals surface area contributed by atoms with Crippen LogP contribution in [0, 0.1) is 5.82 Å². The van der Waals surface area contributed by atoms with Crippen LogP contribution < -0.4 is 4.74 Å². The minimum Gasteiger partial charge on any atom is -0.497 e. The molecule has 9 nitrogen and oxygen atoms in total. The molecular formula is C26H25F4N7O2S. The van der Waals surface area contributed by atoms with Crippen molar-refractivity contribution in [3.63, 3.8) is 0 Å². The number of thioether (sulfide) groups is 1. The number of carbonyl (C=O) groups excluding carboxylic acids is 1. The zero-order valence-corrected chi connectivity index (χ0v) is 22.6. The maximum absolute atomic E-state index is 13.8. The molecule has 40 heavy (non-hydrogen) atoms. The lowest BCUT2D eigenvalue weighted by atomic mass is 9.83. The van der Waals surface area contributed by atoms with Crippen LogP contribution in [0.25, 0.3) is 5.69 Å². The van der Waals surface area contributed by atoms with Crippen molar-refractivity contribution >= 4 is 17.7 Å². The number of amides is 1. The summed E-state index contributed by atoms with van der Waals surface area (Å²) in [5, 5.41) is 16.1. The average molecular weight is 576 g/mol. The van der Waals surface area contributed by atoms with Gasteiger partial charge in [-0.2, -0.15) is 13.2 Å². The first kappa shape index (κ1) is 27.6. The first-order chi connectivity index (χ1) is 19.0. The number of rotatable bonds is 7. The molecule has 0 aliphatic carbocycles. The Labute approximate surface area is 231 Å². The van der Waals surface area contributed by atoms with Crippen LogP contribution in [0.3, 0.4) is 0 Å². The number of benzene rings is 2. The summed E-state index contributed by atoms with van der Waals surface area (Å²) < 4.78 is 61.4. The zero-order chi connectivity index (χ0) is 28.7. The minimum absolute atomic E-state index is 0.0425. The molecule has 1 amide bonds. The molecule has 3 heterocycles. The summed E-state index contributed by atoms with van der Waals surface area (Å²) in [5.41, 5.74) is 0.857. The van der Waals surface area contributed by atoms with Crippen molar-refractivity contribution in [1.29, 1.82) is 0 Å². The molecule has 0 unspecified atom stereocenters. The average Bonchev–Trinajstić information content (AvgIpc) is 3.57. The van der Waals surface area contributed by atoms with Gasteiger partial charge in [0.15, 0.2) is 11.0 Å². The minimum atomic E-state index is -4.62. The van der Waals surface area contributed by atoms with E-state index in [0.717, 1.165) is 21.9 Å². The van der Waals surface area contributed by atoms with E-state index in [2.05, 4.69) is 20.4 Å². The van der Waals surface area contributed by atoms with Gasteiger partial charge in [-0.3, -0.25) is 9.36 Å². The Morgan fingerprint density at radius 1 is 1.00 bits per heavy atom. The van der Waals surface area contributed by atoms with Crippen LogP contribution >= 0.6 is 11.8 Å².